The van der Waals surface area contributed by atoms with Crippen molar-refractivity contribution in [2.75, 3.05) is 24.3 Å². The molecule has 4 rings (SSSR count). The van der Waals surface area contributed by atoms with Gasteiger partial charge in [-0.15, -0.1) is 5.10 Å². The van der Waals surface area contributed by atoms with Crippen molar-refractivity contribution in [3.63, 3.8) is 0 Å². The molecular formula is C22H22N10O4. The second kappa shape index (κ2) is 10.8. The third-order valence-corrected chi connectivity index (χ3v) is 4.90. The minimum Gasteiger partial charge on any atom is -0.484 e. The highest BCUT2D eigenvalue weighted by atomic mass is 16.6. The third-order valence-electron chi connectivity index (χ3n) is 4.90. The normalized spacial score (nSPS) is 10.9. The Morgan fingerprint density at radius 2 is 1.92 bits per heavy atom. The zero-order valence-corrected chi connectivity index (χ0v) is 19.1. The Hall–Kier alpha value is -5.27. The predicted octanol–water partition coefficient (Wildman–Crippen LogP) is 0.497. The third kappa shape index (κ3) is 5.61. The van der Waals surface area contributed by atoms with Crippen molar-refractivity contribution < 1.29 is 19.0 Å². The van der Waals surface area contributed by atoms with Crippen LogP contribution in [0.25, 0.3) is 5.82 Å². The SMILES string of the molecule is CN(Cc1c(C(=O)N/N=C/c2ccc(OCC(N)=O)cc2)nnn1-c1nonc1N)c1ccccc1. The van der Waals surface area contributed by atoms with Crippen LogP contribution >= 0.6 is 0 Å². The molecule has 0 aliphatic carbocycles. The van der Waals surface area contributed by atoms with Crippen LogP contribution in [0, 0.1) is 0 Å². The molecule has 0 bridgehead atoms. The molecule has 14 heteroatoms. The van der Waals surface area contributed by atoms with Crippen LogP contribution in [0.4, 0.5) is 11.5 Å². The number of rotatable bonds is 10. The minimum absolute atomic E-state index is 0.00301. The number of benzene rings is 2. The number of nitrogen functional groups attached to an aromatic ring is 1. The highest BCUT2D eigenvalue weighted by Gasteiger charge is 2.25. The molecule has 0 atom stereocenters. The van der Waals surface area contributed by atoms with Gasteiger partial charge in [0.2, 0.25) is 11.6 Å². The maximum Gasteiger partial charge on any atom is 0.293 e. The molecule has 0 spiro atoms. The molecule has 184 valence electrons. The minimum atomic E-state index is -0.592. The maximum absolute atomic E-state index is 12.9. The van der Waals surface area contributed by atoms with Gasteiger partial charge in [0.25, 0.3) is 11.8 Å². The van der Waals surface area contributed by atoms with Crippen molar-refractivity contribution in [1.82, 2.24) is 30.7 Å². The molecule has 0 unspecified atom stereocenters. The summed E-state index contributed by atoms with van der Waals surface area (Å²) in [5.74, 6) is -0.584. The van der Waals surface area contributed by atoms with Gasteiger partial charge >= 0.3 is 0 Å². The van der Waals surface area contributed by atoms with Crippen LogP contribution in [0.3, 0.4) is 0 Å². The van der Waals surface area contributed by atoms with Crippen molar-refractivity contribution in [2.24, 2.45) is 10.8 Å². The average Bonchev–Trinajstić information content (AvgIpc) is 3.49. The smallest absolute Gasteiger partial charge is 0.293 e. The molecule has 4 aromatic rings. The van der Waals surface area contributed by atoms with Crippen LogP contribution in [0.2, 0.25) is 0 Å². The van der Waals surface area contributed by atoms with Crippen molar-refractivity contribution in [3.8, 4) is 11.6 Å². The summed E-state index contributed by atoms with van der Waals surface area (Å²) in [5.41, 5.74) is 15.3. The molecular weight excluding hydrogens is 468 g/mol. The summed E-state index contributed by atoms with van der Waals surface area (Å²) in [6, 6.07) is 16.2. The lowest BCUT2D eigenvalue weighted by Gasteiger charge is -2.19. The number of ether oxygens (including phenoxy) is 1. The lowest BCUT2D eigenvalue weighted by molar-refractivity contribution is -0.119. The van der Waals surface area contributed by atoms with E-state index < -0.39 is 11.8 Å². The summed E-state index contributed by atoms with van der Waals surface area (Å²) in [4.78, 5) is 25.6. The Bertz CT molecular complexity index is 1370. The molecule has 0 saturated carbocycles. The van der Waals surface area contributed by atoms with Gasteiger partial charge in [-0.1, -0.05) is 23.4 Å². The standard InChI is InChI=1S/C22H22N10O4/c1-31(15-5-3-2-4-6-15)12-17-19(26-30-32(17)21-20(24)28-36-29-21)22(34)27-25-11-14-7-9-16(10-8-14)35-13-18(23)33/h2-11H,12-13H2,1H3,(H2,23,33)(H2,24,28)(H,27,34)/b25-11+. The summed E-state index contributed by atoms with van der Waals surface area (Å²) >= 11 is 0. The van der Waals surface area contributed by atoms with Crippen molar-refractivity contribution in [3.05, 3.63) is 71.5 Å². The van der Waals surface area contributed by atoms with E-state index in [9.17, 15) is 9.59 Å². The van der Waals surface area contributed by atoms with Gasteiger partial charge in [0.1, 0.15) is 5.75 Å². The molecule has 2 heterocycles. The lowest BCUT2D eigenvalue weighted by atomic mass is 10.2. The summed E-state index contributed by atoms with van der Waals surface area (Å²) in [6.07, 6.45) is 1.44. The van der Waals surface area contributed by atoms with Gasteiger partial charge in [-0.25, -0.2) is 10.1 Å². The monoisotopic (exact) mass is 490 g/mol. The van der Waals surface area contributed by atoms with E-state index >= 15 is 0 Å². The largest absolute Gasteiger partial charge is 0.484 e. The van der Waals surface area contributed by atoms with Crippen LogP contribution in [0.1, 0.15) is 21.7 Å². The van der Waals surface area contributed by atoms with Crippen LogP contribution < -0.4 is 26.5 Å². The summed E-state index contributed by atoms with van der Waals surface area (Å²) < 4.78 is 11.2. The number of nitrogens with two attached hydrogens (primary N) is 2. The predicted molar refractivity (Wildman–Crippen MR) is 128 cm³/mol. The first-order valence-corrected chi connectivity index (χ1v) is 10.6. The number of carbonyl (C=O) groups excluding carboxylic acids is 2. The number of para-hydroxylation sites is 1. The first kappa shape index (κ1) is 23.9. The summed E-state index contributed by atoms with van der Waals surface area (Å²) in [6.45, 7) is 0.0184. The van der Waals surface area contributed by atoms with Crippen LogP contribution in [-0.2, 0) is 11.3 Å². The second-order valence-corrected chi connectivity index (χ2v) is 7.48. The number of nitrogens with zero attached hydrogens (tertiary/aromatic N) is 7. The number of hydrogen-bond acceptors (Lipinski definition) is 11. The average molecular weight is 490 g/mol. The molecule has 14 nitrogen and oxygen atoms in total. The molecule has 36 heavy (non-hydrogen) atoms. The molecule has 2 aromatic heterocycles. The number of aromatic nitrogens is 5. The zero-order valence-electron chi connectivity index (χ0n) is 19.1. The molecule has 0 saturated heterocycles. The lowest BCUT2D eigenvalue weighted by Crippen LogP contribution is -2.24. The van der Waals surface area contributed by atoms with Gasteiger partial charge in [0, 0.05) is 12.7 Å². The zero-order chi connectivity index (χ0) is 25.5. The van der Waals surface area contributed by atoms with Crippen LogP contribution in [-0.4, -0.2) is 57.0 Å². The van der Waals surface area contributed by atoms with Gasteiger partial charge in [0.15, 0.2) is 12.3 Å². The highest BCUT2D eigenvalue weighted by molar-refractivity contribution is 5.94. The van der Waals surface area contributed by atoms with Gasteiger partial charge in [-0.2, -0.15) is 9.78 Å². The second-order valence-electron chi connectivity index (χ2n) is 7.48. The number of hydrazone groups is 1. The van der Waals surface area contributed by atoms with Gasteiger partial charge in [-0.3, -0.25) is 9.59 Å². The number of anilines is 2. The Balaban J connectivity index is 1.51. The molecule has 5 N–H and O–H groups in total. The van der Waals surface area contributed by atoms with E-state index in [0.717, 1.165) is 5.69 Å². The fraction of sp³-hybridized carbons (Fsp3) is 0.136. The van der Waals surface area contributed by atoms with Crippen molar-refractivity contribution >= 4 is 29.5 Å². The Kier molecular flexibility index (Phi) is 7.14. The number of carbonyl (C=O) groups is 2. The molecule has 0 fully saturated rings. The fourth-order valence-corrected chi connectivity index (χ4v) is 3.15. The number of hydrogen-bond donors (Lipinski definition) is 3. The van der Waals surface area contributed by atoms with E-state index in [2.05, 4.69) is 35.8 Å². The maximum atomic E-state index is 12.9. The Morgan fingerprint density at radius 3 is 2.58 bits per heavy atom. The number of primary amides is 1. The molecule has 0 radical (unpaired) electrons. The van der Waals surface area contributed by atoms with E-state index in [0.29, 0.717) is 17.0 Å². The quantitative estimate of drug-likeness (QED) is 0.208. The molecule has 2 aromatic carbocycles. The van der Waals surface area contributed by atoms with Crippen molar-refractivity contribution in [2.45, 2.75) is 6.54 Å². The van der Waals surface area contributed by atoms with E-state index in [1.807, 2.05) is 42.3 Å². The molecule has 0 aliphatic heterocycles. The Morgan fingerprint density at radius 1 is 1.17 bits per heavy atom. The van der Waals surface area contributed by atoms with E-state index in [1.54, 1.807) is 24.3 Å². The summed E-state index contributed by atoms with van der Waals surface area (Å²) in [5, 5.41) is 19.4. The summed E-state index contributed by atoms with van der Waals surface area (Å²) in [7, 11) is 1.85. The highest BCUT2D eigenvalue weighted by Crippen LogP contribution is 2.20. The molecule has 0 aliphatic rings. The van der Waals surface area contributed by atoms with E-state index in [1.165, 1.54) is 10.9 Å². The van der Waals surface area contributed by atoms with Gasteiger partial charge in [0.05, 0.1) is 18.5 Å². The van der Waals surface area contributed by atoms with Gasteiger partial charge < -0.3 is 21.1 Å². The molecule has 2 amide bonds. The first-order valence-electron chi connectivity index (χ1n) is 10.6. The number of nitrogens with one attached hydrogen (secondary N) is 1. The fourth-order valence-electron chi connectivity index (χ4n) is 3.15. The van der Waals surface area contributed by atoms with Gasteiger partial charge in [-0.05, 0) is 52.3 Å². The van der Waals surface area contributed by atoms with E-state index in [-0.39, 0.29) is 30.5 Å². The van der Waals surface area contributed by atoms with Crippen LogP contribution in [0.15, 0.2) is 64.3 Å². The van der Waals surface area contributed by atoms with Crippen LogP contribution in [0.5, 0.6) is 5.75 Å². The van der Waals surface area contributed by atoms with E-state index in [4.69, 9.17) is 16.2 Å². The first-order chi connectivity index (χ1) is 17.4. The topological polar surface area (TPSA) is 193 Å². The number of amides is 2. The van der Waals surface area contributed by atoms with Crippen molar-refractivity contribution in [1.29, 1.82) is 0 Å². The Labute approximate surface area is 204 Å².